The van der Waals surface area contributed by atoms with Gasteiger partial charge in [-0.05, 0) is 101 Å². The monoisotopic (exact) mass is 708 g/mol. The minimum absolute atomic E-state index is 0.0401. The number of nitrogens with zero attached hydrogens (tertiary/aromatic N) is 1. The Morgan fingerprint density at radius 1 is 0.950 bits per heavy atom. The van der Waals surface area contributed by atoms with Crippen LogP contribution in [0.5, 0.6) is 17.2 Å². The summed E-state index contributed by atoms with van der Waals surface area (Å²) in [4.78, 5) is 12.9. The van der Waals surface area contributed by atoms with E-state index in [4.69, 9.17) is 14.2 Å². The van der Waals surface area contributed by atoms with Crippen molar-refractivity contribution in [3.05, 3.63) is 121 Å². The van der Waals surface area contributed by atoms with Crippen molar-refractivity contribution in [1.82, 2.24) is 0 Å². The van der Waals surface area contributed by atoms with E-state index in [9.17, 15) is 10.1 Å². The first-order valence-corrected chi connectivity index (χ1v) is 14.2. The van der Waals surface area contributed by atoms with Gasteiger partial charge in [-0.1, -0.05) is 57.9 Å². The highest BCUT2D eigenvalue weighted by Gasteiger charge is 2.14. The van der Waals surface area contributed by atoms with Gasteiger partial charge in [-0.15, -0.1) is 0 Å². The van der Waals surface area contributed by atoms with Crippen LogP contribution in [0, 0.1) is 21.8 Å². The maximum Gasteiger partial charge on any atom is 0.266 e. The maximum absolute atomic E-state index is 12.9. The number of aryl methyl sites for hydroxylation is 1. The molecule has 0 aromatic heterocycles. The van der Waals surface area contributed by atoms with Crippen LogP contribution in [0.3, 0.4) is 0 Å². The summed E-state index contributed by atoms with van der Waals surface area (Å²) in [6.07, 6.45) is 1.53. The van der Waals surface area contributed by atoms with E-state index in [0.717, 1.165) is 19.2 Å². The molecule has 0 saturated carbocycles. The van der Waals surface area contributed by atoms with E-state index >= 15 is 0 Å². The normalized spacial score (nSPS) is 10.9. The first kappa shape index (κ1) is 29.2. The standard InChI is InChI=1S/C32H26BrIN2O4/c1-21-3-5-22(6-4-21)20-40-31-29(34)16-24(17-30(31)38-2)15-25(18-35)32(37)36-27-11-13-28(14-12-27)39-19-23-7-9-26(33)10-8-23/h3-17H,19-20H2,1-2H3,(H,36,37)/b25-15+. The average molecular weight is 709 g/mol. The lowest BCUT2D eigenvalue weighted by atomic mass is 10.1. The van der Waals surface area contributed by atoms with E-state index in [-0.39, 0.29) is 5.57 Å². The molecule has 0 bridgehead atoms. The number of benzene rings is 4. The summed E-state index contributed by atoms with van der Waals surface area (Å²) in [6.45, 7) is 2.86. The largest absolute Gasteiger partial charge is 0.493 e. The Balaban J connectivity index is 1.41. The minimum Gasteiger partial charge on any atom is -0.493 e. The molecule has 4 rings (SSSR count). The maximum atomic E-state index is 12.9. The topological polar surface area (TPSA) is 80.6 Å². The van der Waals surface area contributed by atoms with Crippen LogP contribution in [0.4, 0.5) is 5.69 Å². The van der Waals surface area contributed by atoms with Crippen molar-refractivity contribution in [2.24, 2.45) is 0 Å². The van der Waals surface area contributed by atoms with Crippen molar-refractivity contribution in [3.8, 4) is 23.3 Å². The van der Waals surface area contributed by atoms with Crippen LogP contribution in [-0.4, -0.2) is 13.0 Å². The number of ether oxygens (including phenoxy) is 3. The van der Waals surface area contributed by atoms with Crippen LogP contribution >= 0.6 is 38.5 Å². The fraction of sp³-hybridized carbons (Fsp3) is 0.125. The van der Waals surface area contributed by atoms with Crippen LogP contribution in [0.1, 0.15) is 22.3 Å². The van der Waals surface area contributed by atoms with Gasteiger partial charge in [0.2, 0.25) is 0 Å². The molecule has 0 aliphatic carbocycles. The van der Waals surface area contributed by atoms with Crippen LogP contribution in [0.15, 0.2) is 95.0 Å². The van der Waals surface area contributed by atoms with Gasteiger partial charge in [0.15, 0.2) is 11.5 Å². The zero-order chi connectivity index (χ0) is 28.5. The van der Waals surface area contributed by atoms with Gasteiger partial charge in [-0.3, -0.25) is 4.79 Å². The van der Waals surface area contributed by atoms with E-state index in [0.29, 0.717) is 41.7 Å². The lowest BCUT2D eigenvalue weighted by molar-refractivity contribution is -0.112. The second-order valence-electron chi connectivity index (χ2n) is 8.87. The number of nitrogens with one attached hydrogen (secondary N) is 1. The van der Waals surface area contributed by atoms with E-state index in [2.05, 4.69) is 43.8 Å². The number of halogens is 2. The van der Waals surface area contributed by atoms with Gasteiger partial charge in [0, 0.05) is 10.2 Å². The summed E-state index contributed by atoms with van der Waals surface area (Å²) in [5.74, 6) is 1.27. The molecular formula is C32H26BrIN2O4. The highest BCUT2D eigenvalue weighted by Crippen LogP contribution is 2.35. The van der Waals surface area contributed by atoms with E-state index in [1.165, 1.54) is 11.6 Å². The quantitative estimate of drug-likeness (QED) is 0.102. The second kappa shape index (κ2) is 14.0. The van der Waals surface area contributed by atoms with Crippen molar-refractivity contribution in [3.63, 3.8) is 0 Å². The fourth-order valence-electron chi connectivity index (χ4n) is 3.70. The molecule has 0 spiro atoms. The predicted octanol–water partition coefficient (Wildman–Crippen LogP) is 8.07. The Labute approximate surface area is 255 Å². The van der Waals surface area contributed by atoms with Gasteiger partial charge in [-0.25, -0.2) is 0 Å². The Bertz CT molecular complexity index is 1540. The third-order valence-electron chi connectivity index (χ3n) is 5.86. The third-order valence-corrected chi connectivity index (χ3v) is 7.19. The van der Waals surface area contributed by atoms with E-state index in [1.807, 2.05) is 67.6 Å². The molecule has 0 aliphatic rings. The summed E-state index contributed by atoms with van der Waals surface area (Å²) in [5, 5.41) is 12.5. The zero-order valence-corrected chi connectivity index (χ0v) is 25.7. The first-order chi connectivity index (χ1) is 19.3. The van der Waals surface area contributed by atoms with Crippen molar-refractivity contribution in [2.75, 3.05) is 12.4 Å². The van der Waals surface area contributed by atoms with Crippen molar-refractivity contribution in [1.29, 1.82) is 5.26 Å². The fourth-order valence-corrected chi connectivity index (χ4v) is 4.74. The van der Waals surface area contributed by atoms with Crippen LogP contribution in [0.2, 0.25) is 0 Å². The minimum atomic E-state index is -0.514. The summed E-state index contributed by atoms with van der Waals surface area (Å²) in [5.41, 5.74) is 4.42. The lowest BCUT2D eigenvalue weighted by Crippen LogP contribution is -2.13. The number of carbonyl (C=O) groups is 1. The molecule has 40 heavy (non-hydrogen) atoms. The number of hydrogen-bond donors (Lipinski definition) is 1. The number of methoxy groups -OCH3 is 1. The van der Waals surface area contributed by atoms with Crippen molar-refractivity contribution >= 4 is 56.2 Å². The average Bonchev–Trinajstić information content (AvgIpc) is 2.96. The van der Waals surface area contributed by atoms with Crippen LogP contribution in [0.25, 0.3) is 6.08 Å². The van der Waals surface area contributed by atoms with Gasteiger partial charge < -0.3 is 19.5 Å². The van der Waals surface area contributed by atoms with Gasteiger partial charge in [0.1, 0.15) is 30.6 Å². The molecule has 202 valence electrons. The second-order valence-corrected chi connectivity index (χ2v) is 10.9. The molecular weight excluding hydrogens is 683 g/mol. The highest BCUT2D eigenvalue weighted by molar-refractivity contribution is 14.1. The van der Waals surface area contributed by atoms with E-state index < -0.39 is 5.91 Å². The predicted molar refractivity (Wildman–Crippen MR) is 168 cm³/mol. The molecule has 0 aliphatic heterocycles. The Morgan fingerprint density at radius 3 is 2.20 bits per heavy atom. The molecule has 4 aromatic carbocycles. The smallest absolute Gasteiger partial charge is 0.266 e. The van der Waals surface area contributed by atoms with Gasteiger partial charge in [0.05, 0.1) is 10.7 Å². The molecule has 8 heteroatoms. The molecule has 1 amide bonds. The van der Waals surface area contributed by atoms with Gasteiger partial charge in [-0.2, -0.15) is 5.26 Å². The summed E-state index contributed by atoms with van der Waals surface area (Å²) >= 11 is 5.58. The summed E-state index contributed by atoms with van der Waals surface area (Å²) in [7, 11) is 1.56. The SMILES string of the molecule is COc1cc(/C=C(\C#N)C(=O)Nc2ccc(OCc3ccc(Br)cc3)cc2)cc(I)c1OCc1ccc(C)cc1. The van der Waals surface area contributed by atoms with Crippen molar-refractivity contribution in [2.45, 2.75) is 20.1 Å². The lowest BCUT2D eigenvalue weighted by Gasteiger charge is -2.14. The molecule has 0 radical (unpaired) electrons. The number of rotatable bonds is 10. The number of nitriles is 1. The van der Waals surface area contributed by atoms with Gasteiger partial charge in [0.25, 0.3) is 5.91 Å². The highest BCUT2D eigenvalue weighted by atomic mass is 127. The molecule has 0 unspecified atom stereocenters. The zero-order valence-electron chi connectivity index (χ0n) is 21.9. The third kappa shape index (κ3) is 8.10. The number of hydrogen-bond acceptors (Lipinski definition) is 5. The Kier molecular flexibility index (Phi) is 10.2. The number of amides is 1. The first-order valence-electron chi connectivity index (χ1n) is 12.3. The van der Waals surface area contributed by atoms with Crippen molar-refractivity contribution < 1.29 is 19.0 Å². The summed E-state index contributed by atoms with van der Waals surface area (Å²) < 4.78 is 19.2. The molecule has 0 heterocycles. The summed E-state index contributed by atoms with van der Waals surface area (Å²) in [6, 6.07) is 28.6. The molecule has 6 nitrogen and oxygen atoms in total. The van der Waals surface area contributed by atoms with Crippen LogP contribution in [-0.2, 0) is 18.0 Å². The van der Waals surface area contributed by atoms with E-state index in [1.54, 1.807) is 37.4 Å². The molecule has 0 fully saturated rings. The number of anilines is 1. The molecule has 1 N–H and O–H groups in total. The van der Waals surface area contributed by atoms with Gasteiger partial charge >= 0.3 is 0 Å². The molecule has 0 saturated heterocycles. The number of carbonyl (C=O) groups excluding carboxylic acids is 1. The molecule has 0 atom stereocenters. The van der Waals surface area contributed by atoms with Crippen LogP contribution < -0.4 is 19.5 Å². The Hall–Kier alpha value is -3.81. The molecule has 4 aromatic rings. The Morgan fingerprint density at radius 2 is 1.57 bits per heavy atom.